The van der Waals surface area contributed by atoms with Gasteiger partial charge in [0.2, 0.25) is 5.91 Å². The molecule has 0 unspecified atom stereocenters. The zero-order valence-electron chi connectivity index (χ0n) is 16.6. The van der Waals surface area contributed by atoms with Gasteiger partial charge in [-0.1, -0.05) is 17.7 Å². The Labute approximate surface area is 168 Å². The molecule has 1 aliphatic heterocycles. The van der Waals surface area contributed by atoms with Crippen molar-refractivity contribution in [3.8, 4) is 0 Å². The maximum absolute atomic E-state index is 12.7. The van der Waals surface area contributed by atoms with E-state index in [4.69, 9.17) is 0 Å². The second kappa shape index (κ2) is 8.82. The van der Waals surface area contributed by atoms with Crippen LogP contribution >= 0.6 is 0 Å². The van der Waals surface area contributed by atoms with Crippen LogP contribution in [0.2, 0.25) is 0 Å². The smallest absolute Gasteiger partial charge is 0.355 e. The van der Waals surface area contributed by atoms with E-state index in [0.717, 1.165) is 42.0 Å². The zero-order valence-corrected chi connectivity index (χ0v) is 16.6. The molecular weight excluding hydrogens is 381 g/mol. The van der Waals surface area contributed by atoms with Crippen LogP contribution in [0.25, 0.3) is 0 Å². The maximum Gasteiger partial charge on any atom is 0.417 e. The van der Waals surface area contributed by atoms with E-state index in [2.05, 4.69) is 15.2 Å². The number of amides is 1. The van der Waals surface area contributed by atoms with E-state index in [1.807, 2.05) is 36.9 Å². The molecular formula is C21H25F3N4O. The first-order chi connectivity index (χ1) is 13.7. The Balaban J connectivity index is 1.55. The summed E-state index contributed by atoms with van der Waals surface area (Å²) in [6, 6.07) is 8.36. The molecule has 1 aromatic carbocycles. The third-order valence-electron chi connectivity index (χ3n) is 5.01. The maximum atomic E-state index is 12.7. The number of carbonyl (C=O) groups excluding carboxylic acids is 1. The summed E-state index contributed by atoms with van der Waals surface area (Å²) in [5.41, 5.74) is 2.23. The molecule has 1 saturated heterocycles. The predicted molar refractivity (Wildman–Crippen MR) is 107 cm³/mol. The van der Waals surface area contributed by atoms with Gasteiger partial charge in [-0.25, -0.2) is 4.98 Å². The number of anilines is 2. The van der Waals surface area contributed by atoms with Crippen molar-refractivity contribution in [1.82, 2.24) is 9.88 Å². The first-order valence-electron chi connectivity index (χ1n) is 9.60. The quantitative estimate of drug-likeness (QED) is 0.838. The van der Waals surface area contributed by atoms with Crippen molar-refractivity contribution in [2.45, 2.75) is 26.4 Å². The average Bonchev–Trinajstić information content (AvgIpc) is 2.89. The molecule has 2 heterocycles. The van der Waals surface area contributed by atoms with E-state index in [-0.39, 0.29) is 12.5 Å². The number of nitrogens with zero attached hydrogens (tertiary/aromatic N) is 3. The lowest BCUT2D eigenvalue weighted by Gasteiger charge is -2.23. The van der Waals surface area contributed by atoms with Gasteiger partial charge in [0.25, 0.3) is 0 Å². The number of aryl methyl sites for hydroxylation is 2. The molecule has 0 bridgehead atoms. The van der Waals surface area contributed by atoms with Crippen molar-refractivity contribution in [2.75, 3.05) is 42.9 Å². The lowest BCUT2D eigenvalue weighted by atomic mass is 10.1. The normalized spacial score (nSPS) is 15.8. The summed E-state index contributed by atoms with van der Waals surface area (Å²) in [6.45, 7) is 6.93. The molecule has 29 heavy (non-hydrogen) atoms. The Kier molecular flexibility index (Phi) is 6.42. The van der Waals surface area contributed by atoms with Crippen LogP contribution in [0, 0.1) is 13.8 Å². The summed E-state index contributed by atoms with van der Waals surface area (Å²) in [5, 5.41) is 2.96. The van der Waals surface area contributed by atoms with Crippen LogP contribution in [0.5, 0.6) is 0 Å². The van der Waals surface area contributed by atoms with Gasteiger partial charge in [0.1, 0.15) is 5.82 Å². The molecule has 3 rings (SSSR count). The highest BCUT2D eigenvalue weighted by Gasteiger charge is 2.31. The summed E-state index contributed by atoms with van der Waals surface area (Å²) >= 11 is 0. The Hall–Kier alpha value is -2.61. The van der Waals surface area contributed by atoms with Crippen molar-refractivity contribution < 1.29 is 18.0 Å². The summed E-state index contributed by atoms with van der Waals surface area (Å²) in [5.74, 6) is 0.456. The molecule has 5 nitrogen and oxygen atoms in total. The average molecular weight is 406 g/mol. The number of nitrogens with one attached hydrogen (secondary N) is 1. The number of rotatable bonds is 4. The summed E-state index contributed by atoms with van der Waals surface area (Å²) < 4.78 is 38.1. The van der Waals surface area contributed by atoms with E-state index < -0.39 is 11.7 Å². The molecule has 1 aromatic heterocycles. The second-order valence-electron chi connectivity index (χ2n) is 7.39. The number of hydrogen-bond donors (Lipinski definition) is 1. The number of aromatic nitrogens is 1. The van der Waals surface area contributed by atoms with Crippen LogP contribution in [0.4, 0.5) is 24.7 Å². The van der Waals surface area contributed by atoms with Gasteiger partial charge in [-0.15, -0.1) is 0 Å². The molecule has 1 fully saturated rings. The predicted octanol–water partition coefficient (Wildman–Crippen LogP) is 3.87. The first kappa shape index (κ1) is 21.1. The van der Waals surface area contributed by atoms with Gasteiger partial charge in [0.15, 0.2) is 0 Å². The highest BCUT2D eigenvalue weighted by atomic mass is 19.4. The number of alkyl halides is 3. The van der Waals surface area contributed by atoms with Crippen LogP contribution in [0.1, 0.15) is 23.1 Å². The van der Waals surface area contributed by atoms with Gasteiger partial charge in [0.05, 0.1) is 12.1 Å². The van der Waals surface area contributed by atoms with Crippen molar-refractivity contribution in [3.63, 3.8) is 0 Å². The monoisotopic (exact) mass is 406 g/mol. The fourth-order valence-electron chi connectivity index (χ4n) is 3.45. The minimum absolute atomic E-state index is 0.0712. The van der Waals surface area contributed by atoms with Crippen LogP contribution in [0.15, 0.2) is 36.5 Å². The molecule has 8 heteroatoms. The molecule has 0 atom stereocenters. The number of pyridine rings is 1. The van der Waals surface area contributed by atoms with E-state index in [1.165, 1.54) is 6.07 Å². The molecule has 2 aromatic rings. The Morgan fingerprint density at radius 1 is 1.10 bits per heavy atom. The van der Waals surface area contributed by atoms with Crippen LogP contribution in [0.3, 0.4) is 0 Å². The lowest BCUT2D eigenvalue weighted by Crippen LogP contribution is -2.36. The Morgan fingerprint density at radius 3 is 2.55 bits per heavy atom. The van der Waals surface area contributed by atoms with Gasteiger partial charge in [-0.2, -0.15) is 13.2 Å². The van der Waals surface area contributed by atoms with Crippen LogP contribution in [-0.4, -0.2) is 48.5 Å². The van der Waals surface area contributed by atoms with E-state index in [1.54, 1.807) is 0 Å². The minimum atomic E-state index is -4.38. The van der Waals surface area contributed by atoms with E-state index in [9.17, 15) is 18.0 Å². The van der Waals surface area contributed by atoms with Crippen LogP contribution < -0.4 is 10.2 Å². The first-order valence-corrected chi connectivity index (χ1v) is 9.60. The molecule has 156 valence electrons. The highest BCUT2D eigenvalue weighted by molar-refractivity contribution is 5.93. The lowest BCUT2D eigenvalue weighted by molar-refractivity contribution is -0.137. The van der Waals surface area contributed by atoms with Gasteiger partial charge < -0.3 is 10.2 Å². The van der Waals surface area contributed by atoms with E-state index in [0.29, 0.717) is 25.5 Å². The largest absolute Gasteiger partial charge is 0.417 e. The molecule has 1 N–H and O–H groups in total. The zero-order chi connectivity index (χ0) is 21.0. The van der Waals surface area contributed by atoms with Gasteiger partial charge in [-0.05, 0) is 44.0 Å². The Bertz CT molecular complexity index is 852. The third kappa shape index (κ3) is 5.69. The molecule has 1 amide bonds. The van der Waals surface area contributed by atoms with Gasteiger partial charge >= 0.3 is 6.18 Å². The van der Waals surface area contributed by atoms with Crippen molar-refractivity contribution in [3.05, 3.63) is 53.2 Å². The molecule has 0 radical (unpaired) electrons. The third-order valence-corrected chi connectivity index (χ3v) is 5.01. The summed E-state index contributed by atoms with van der Waals surface area (Å²) in [6.07, 6.45) is -2.71. The van der Waals surface area contributed by atoms with E-state index >= 15 is 0 Å². The molecule has 1 aliphatic rings. The number of benzene rings is 1. The van der Waals surface area contributed by atoms with Crippen molar-refractivity contribution in [2.24, 2.45) is 0 Å². The fraction of sp³-hybridized carbons (Fsp3) is 0.429. The summed E-state index contributed by atoms with van der Waals surface area (Å²) in [7, 11) is 0. The Morgan fingerprint density at radius 2 is 1.90 bits per heavy atom. The summed E-state index contributed by atoms with van der Waals surface area (Å²) in [4.78, 5) is 20.4. The number of carbonyl (C=O) groups is 1. The standard InChI is InChI=1S/C21H25F3N4O/c1-15-4-6-18(16(2)12-15)26-20(29)14-27-8-3-9-28(11-10-27)19-7-5-17(13-25-19)21(22,23)24/h4-7,12-13H,3,8-11,14H2,1-2H3,(H,26,29). The topological polar surface area (TPSA) is 48.5 Å². The van der Waals surface area contributed by atoms with Gasteiger partial charge in [-0.3, -0.25) is 9.69 Å². The number of hydrogen-bond acceptors (Lipinski definition) is 4. The second-order valence-corrected chi connectivity index (χ2v) is 7.39. The van der Waals surface area contributed by atoms with Crippen LogP contribution in [-0.2, 0) is 11.0 Å². The fourth-order valence-corrected chi connectivity index (χ4v) is 3.45. The van der Waals surface area contributed by atoms with Crippen molar-refractivity contribution >= 4 is 17.4 Å². The number of halogens is 3. The highest BCUT2D eigenvalue weighted by Crippen LogP contribution is 2.29. The van der Waals surface area contributed by atoms with Crippen molar-refractivity contribution in [1.29, 1.82) is 0 Å². The van der Waals surface area contributed by atoms with Gasteiger partial charge in [0, 0.05) is 38.1 Å². The molecule has 0 spiro atoms. The minimum Gasteiger partial charge on any atom is -0.355 e. The molecule has 0 saturated carbocycles. The molecule has 0 aliphatic carbocycles. The SMILES string of the molecule is Cc1ccc(NC(=O)CN2CCCN(c3ccc(C(F)(F)F)cn3)CC2)c(C)c1.